The van der Waals surface area contributed by atoms with E-state index < -0.39 is 0 Å². The third-order valence-corrected chi connectivity index (χ3v) is 11.7. The van der Waals surface area contributed by atoms with E-state index in [0.717, 1.165) is 46.1 Å². The number of nitrogens with zero attached hydrogens (tertiary/aromatic N) is 2. The van der Waals surface area contributed by atoms with Crippen LogP contribution in [0.15, 0.2) is 48.0 Å². The minimum atomic E-state index is 0.120. The van der Waals surface area contributed by atoms with Crippen molar-refractivity contribution in [1.82, 2.24) is 4.98 Å². The standard InChI is InChI=1S/C32H38N2S/c1-4-18-35-30-25(20-33)28(21-10-6-5-7-11-21)24-19-27-23-14-13-22-12-8-9-16-31(22,2)26(23)15-17-32(27,3)29(24)34-30/h4-7,10-11,22-23,26-27H,1,8-9,12-19H2,2-3H3/t22-,23+,26+,27+,31+,32+/m1/s1. The van der Waals surface area contributed by atoms with Gasteiger partial charge in [-0.1, -0.05) is 63.1 Å². The largest absolute Gasteiger partial charge is 0.244 e. The van der Waals surface area contributed by atoms with Crippen LogP contribution in [0, 0.1) is 40.4 Å². The Labute approximate surface area is 215 Å². The van der Waals surface area contributed by atoms with Gasteiger partial charge in [-0.05, 0) is 85.2 Å². The van der Waals surface area contributed by atoms with E-state index in [2.05, 4.69) is 56.8 Å². The van der Waals surface area contributed by atoms with Gasteiger partial charge in [-0.3, -0.25) is 0 Å². The molecule has 1 heterocycles. The van der Waals surface area contributed by atoms with E-state index >= 15 is 0 Å². The van der Waals surface area contributed by atoms with E-state index in [1.54, 1.807) is 11.8 Å². The predicted octanol–water partition coefficient (Wildman–Crippen LogP) is 8.34. The summed E-state index contributed by atoms with van der Waals surface area (Å²) in [4.78, 5) is 5.33. The van der Waals surface area contributed by atoms with Gasteiger partial charge in [0.05, 0.1) is 11.3 Å². The molecule has 35 heavy (non-hydrogen) atoms. The van der Waals surface area contributed by atoms with Gasteiger partial charge < -0.3 is 0 Å². The van der Waals surface area contributed by atoms with Crippen LogP contribution in [0.2, 0.25) is 0 Å². The maximum Gasteiger partial charge on any atom is 0.115 e. The molecule has 2 aromatic rings. The molecular formula is C32H38N2S. The molecule has 3 heteroatoms. The summed E-state index contributed by atoms with van der Waals surface area (Å²) in [6.07, 6.45) is 14.2. The van der Waals surface area contributed by atoms with Crippen LogP contribution in [-0.2, 0) is 11.8 Å². The van der Waals surface area contributed by atoms with Gasteiger partial charge in [0.15, 0.2) is 0 Å². The summed E-state index contributed by atoms with van der Waals surface area (Å²) in [6.45, 7) is 9.09. The van der Waals surface area contributed by atoms with Crippen LogP contribution < -0.4 is 0 Å². The topological polar surface area (TPSA) is 36.7 Å². The molecular weight excluding hydrogens is 444 g/mol. The molecule has 0 saturated heterocycles. The van der Waals surface area contributed by atoms with Gasteiger partial charge >= 0.3 is 0 Å². The molecule has 182 valence electrons. The first-order valence-electron chi connectivity index (χ1n) is 13.8. The Balaban J connectivity index is 1.48. The summed E-state index contributed by atoms with van der Waals surface area (Å²) in [5.74, 6) is 4.02. The number of hydrogen-bond acceptors (Lipinski definition) is 3. The van der Waals surface area contributed by atoms with Gasteiger partial charge in [0, 0.05) is 16.7 Å². The zero-order chi connectivity index (χ0) is 24.2. The highest BCUT2D eigenvalue weighted by atomic mass is 32.2. The minimum absolute atomic E-state index is 0.120. The number of thioether (sulfide) groups is 1. The Morgan fingerprint density at radius 2 is 1.91 bits per heavy atom. The van der Waals surface area contributed by atoms with Crippen molar-refractivity contribution < 1.29 is 0 Å². The van der Waals surface area contributed by atoms with Crippen molar-refractivity contribution >= 4 is 11.8 Å². The average Bonchev–Trinajstić information content (AvgIpc) is 3.18. The van der Waals surface area contributed by atoms with E-state index in [1.165, 1.54) is 68.2 Å². The van der Waals surface area contributed by atoms with Gasteiger partial charge in [-0.25, -0.2) is 4.98 Å². The molecule has 0 N–H and O–H groups in total. The van der Waals surface area contributed by atoms with Crippen molar-refractivity contribution in [1.29, 1.82) is 5.26 Å². The molecule has 1 aromatic carbocycles. The lowest BCUT2D eigenvalue weighted by atomic mass is 9.45. The first-order valence-corrected chi connectivity index (χ1v) is 14.8. The van der Waals surface area contributed by atoms with Crippen LogP contribution in [0.5, 0.6) is 0 Å². The molecule has 0 bridgehead atoms. The van der Waals surface area contributed by atoms with Gasteiger partial charge in [-0.2, -0.15) is 5.26 Å². The average molecular weight is 483 g/mol. The monoisotopic (exact) mass is 482 g/mol. The summed E-state index contributed by atoms with van der Waals surface area (Å²) in [7, 11) is 0. The first-order chi connectivity index (χ1) is 17.0. The van der Waals surface area contributed by atoms with Gasteiger partial charge in [0.1, 0.15) is 11.1 Å². The van der Waals surface area contributed by atoms with Crippen molar-refractivity contribution in [2.24, 2.45) is 29.1 Å². The summed E-state index contributed by atoms with van der Waals surface area (Å²) in [5, 5.41) is 11.2. The Morgan fingerprint density at radius 1 is 1.09 bits per heavy atom. The molecule has 0 spiro atoms. The van der Waals surface area contributed by atoms with Crippen LogP contribution in [0.3, 0.4) is 0 Å². The first kappa shape index (κ1) is 23.4. The second-order valence-electron chi connectivity index (χ2n) is 12.1. The van der Waals surface area contributed by atoms with E-state index in [1.807, 2.05) is 6.08 Å². The van der Waals surface area contributed by atoms with E-state index in [4.69, 9.17) is 4.98 Å². The number of aromatic nitrogens is 1. The number of rotatable bonds is 4. The normalized spacial score (nSPS) is 35.2. The molecule has 0 amide bonds. The van der Waals surface area contributed by atoms with Crippen molar-refractivity contribution in [3.63, 3.8) is 0 Å². The summed E-state index contributed by atoms with van der Waals surface area (Å²) >= 11 is 1.67. The summed E-state index contributed by atoms with van der Waals surface area (Å²) in [5.41, 5.74) is 6.44. The predicted molar refractivity (Wildman–Crippen MR) is 145 cm³/mol. The highest BCUT2D eigenvalue weighted by Crippen LogP contribution is 2.66. The number of hydrogen-bond donors (Lipinski definition) is 0. The maximum absolute atomic E-state index is 10.3. The Bertz CT molecular complexity index is 1180. The van der Waals surface area contributed by atoms with Crippen molar-refractivity contribution in [2.75, 3.05) is 5.75 Å². The lowest BCUT2D eigenvalue weighted by Gasteiger charge is -2.59. The molecule has 0 radical (unpaired) electrons. The fraction of sp³-hybridized carbons (Fsp3) is 0.562. The van der Waals surface area contributed by atoms with Crippen molar-refractivity contribution in [3.05, 3.63) is 59.8 Å². The molecule has 3 saturated carbocycles. The van der Waals surface area contributed by atoms with E-state index in [9.17, 15) is 5.26 Å². The molecule has 6 rings (SSSR count). The lowest BCUT2D eigenvalue weighted by Crippen LogP contribution is -2.53. The zero-order valence-corrected chi connectivity index (χ0v) is 22.2. The second-order valence-corrected chi connectivity index (χ2v) is 13.1. The van der Waals surface area contributed by atoms with Crippen LogP contribution >= 0.6 is 11.8 Å². The van der Waals surface area contributed by atoms with Gasteiger partial charge in [0.2, 0.25) is 0 Å². The molecule has 4 aliphatic rings. The Kier molecular flexibility index (Phi) is 5.88. The Morgan fingerprint density at radius 3 is 2.69 bits per heavy atom. The maximum atomic E-state index is 10.3. The zero-order valence-electron chi connectivity index (χ0n) is 21.4. The molecule has 3 fully saturated rings. The van der Waals surface area contributed by atoms with E-state index in [-0.39, 0.29) is 5.41 Å². The van der Waals surface area contributed by atoms with E-state index in [0.29, 0.717) is 11.3 Å². The smallest absolute Gasteiger partial charge is 0.115 e. The fourth-order valence-electron chi connectivity index (χ4n) is 9.05. The second kappa shape index (κ2) is 8.81. The number of nitriles is 1. The third kappa shape index (κ3) is 3.46. The van der Waals surface area contributed by atoms with Gasteiger partial charge in [0.25, 0.3) is 0 Å². The SMILES string of the molecule is C=CCSc1nc2c(c(-c3ccccc3)c1C#N)C[C@H]1[C@H]3CC[C@H]4CCCC[C@]4(C)[C@H]3CC[C@]21C. The fourth-order valence-corrected chi connectivity index (χ4v) is 9.77. The number of fused-ring (bicyclic) bond motifs is 7. The molecule has 0 aliphatic heterocycles. The minimum Gasteiger partial charge on any atom is -0.244 e. The lowest BCUT2D eigenvalue weighted by molar-refractivity contribution is -0.0908. The van der Waals surface area contributed by atoms with Crippen LogP contribution in [0.1, 0.15) is 82.0 Å². The number of pyridine rings is 1. The molecule has 6 atom stereocenters. The van der Waals surface area contributed by atoms with Gasteiger partial charge in [-0.15, -0.1) is 18.3 Å². The molecule has 2 nitrogen and oxygen atoms in total. The highest BCUT2D eigenvalue weighted by molar-refractivity contribution is 7.99. The van der Waals surface area contributed by atoms with Crippen LogP contribution in [0.4, 0.5) is 0 Å². The van der Waals surface area contributed by atoms with Crippen molar-refractivity contribution in [2.45, 2.75) is 82.1 Å². The molecule has 4 aliphatic carbocycles. The van der Waals surface area contributed by atoms with Crippen LogP contribution in [0.25, 0.3) is 11.1 Å². The summed E-state index contributed by atoms with van der Waals surface area (Å²) in [6, 6.07) is 13.2. The molecule has 1 aromatic heterocycles. The highest BCUT2D eigenvalue weighted by Gasteiger charge is 2.59. The Hall–Kier alpha value is -2.05. The quantitative estimate of drug-likeness (QED) is 0.324. The number of benzene rings is 1. The van der Waals surface area contributed by atoms with Crippen molar-refractivity contribution in [3.8, 4) is 17.2 Å². The third-order valence-electron chi connectivity index (χ3n) is 10.7. The van der Waals surface area contributed by atoms with Crippen LogP contribution in [-0.4, -0.2) is 10.7 Å². The summed E-state index contributed by atoms with van der Waals surface area (Å²) < 4.78 is 0. The molecule has 0 unspecified atom stereocenters.